The van der Waals surface area contributed by atoms with Gasteiger partial charge in [0.2, 0.25) is 5.91 Å². The summed E-state index contributed by atoms with van der Waals surface area (Å²) in [6.07, 6.45) is -4.38. The fraction of sp³-hybridized carbons (Fsp3) is 0.364. The Labute approximate surface area is 96.0 Å². The molecule has 0 radical (unpaired) electrons. The van der Waals surface area contributed by atoms with E-state index in [1.807, 2.05) is 0 Å². The number of hydrogen-bond donors (Lipinski definition) is 2. The summed E-state index contributed by atoms with van der Waals surface area (Å²) in [7, 11) is 0. The minimum absolute atomic E-state index is 0.0251. The van der Waals surface area contributed by atoms with E-state index in [0.29, 0.717) is 0 Å². The van der Waals surface area contributed by atoms with Crippen molar-refractivity contribution in [3.8, 4) is 0 Å². The Bertz CT molecular complexity index is 416. The summed E-state index contributed by atoms with van der Waals surface area (Å²) in [5.74, 6) is -1.11. The van der Waals surface area contributed by atoms with E-state index < -0.39 is 23.2 Å². The predicted octanol–water partition coefficient (Wildman–Crippen LogP) is 1.73. The summed E-state index contributed by atoms with van der Waals surface area (Å²) in [5.41, 5.74) is 3.36. The molecule has 0 aliphatic heterocycles. The molecule has 0 unspecified atom stereocenters. The van der Waals surface area contributed by atoms with Gasteiger partial charge in [0.15, 0.2) is 0 Å². The number of aliphatic hydroxyl groups is 1. The van der Waals surface area contributed by atoms with Gasteiger partial charge in [0.05, 0.1) is 11.1 Å². The van der Waals surface area contributed by atoms with Gasteiger partial charge in [-0.05, 0) is 24.5 Å². The molecule has 0 spiro atoms. The molecule has 1 aromatic rings. The fourth-order valence-corrected chi connectivity index (χ4v) is 1.62. The third-order valence-electron chi connectivity index (χ3n) is 2.30. The average Bonchev–Trinajstić information content (AvgIpc) is 2.24. The molecule has 1 aromatic carbocycles. The van der Waals surface area contributed by atoms with Gasteiger partial charge < -0.3 is 10.8 Å². The van der Waals surface area contributed by atoms with Crippen molar-refractivity contribution in [2.75, 3.05) is 6.61 Å². The van der Waals surface area contributed by atoms with E-state index in [0.717, 1.165) is 6.07 Å². The highest BCUT2D eigenvalue weighted by Crippen LogP contribution is 2.35. The lowest BCUT2D eigenvalue weighted by molar-refractivity contribution is -0.138. The zero-order valence-electron chi connectivity index (χ0n) is 8.92. The van der Waals surface area contributed by atoms with Gasteiger partial charge in [-0.1, -0.05) is 12.1 Å². The molecule has 3 nitrogen and oxygen atoms in total. The summed E-state index contributed by atoms with van der Waals surface area (Å²) in [4.78, 5) is 11.0. The highest BCUT2D eigenvalue weighted by atomic mass is 19.4. The maximum absolute atomic E-state index is 12.8. The normalized spacial score (nSPS) is 11.5. The van der Waals surface area contributed by atoms with Crippen LogP contribution in [0.25, 0.3) is 0 Å². The highest BCUT2D eigenvalue weighted by Gasteiger charge is 2.36. The maximum Gasteiger partial charge on any atom is 0.417 e. The second-order valence-electron chi connectivity index (χ2n) is 3.53. The molecule has 0 saturated heterocycles. The Morgan fingerprint density at radius 3 is 2.47 bits per heavy atom. The predicted molar refractivity (Wildman–Crippen MR) is 55.4 cm³/mol. The Morgan fingerprint density at radius 2 is 2.00 bits per heavy atom. The van der Waals surface area contributed by atoms with Gasteiger partial charge in [-0.25, -0.2) is 0 Å². The van der Waals surface area contributed by atoms with Crippen LogP contribution in [0.1, 0.15) is 27.9 Å². The maximum atomic E-state index is 12.8. The molecule has 0 fully saturated rings. The number of rotatable bonds is 4. The molecule has 1 amide bonds. The van der Waals surface area contributed by atoms with Crippen LogP contribution < -0.4 is 5.73 Å². The number of carbonyl (C=O) groups is 1. The van der Waals surface area contributed by atoms with Crippen molar-refractivity contribution < 1.29 is 23.1 Å². The van der Waals surface area contributed by atoms with E-state index >= 15 is 0 Å². The molecule has 17 heavy (non-hydrogen) atoms. The molecule has 3 N–H and O–H groups in total. The van der Waals surface area contributed by atoms with Crippen LogP contribution in [-0.2, 0) is 12.6 Å². The van der Waals surface area contributed by atoms with Gasteiger partial charge in [0.1, 0.15) is 0 Å². The van der Waals surface area contributed by atoms with E-state index in [4.69, 9.17) is 10.8 Å². The van der Waals surface area contributed by atoms with Crippen LogP contribution in [-0.4, -0.2) is 17.6 Å². The molecule has 0 atom stereocenters. The lowest BCUT2D eigenvalue weighted by Gasteiger charge is -2.15. The molecule has 0 aliphatic carbocycles. The van der Waals surface area contributed by atoms with Gasteiger partial charge in [-0.15, -0.1) is 0 Å². The molecular formula is C11H12F3NO2. The number of benzene rings is 1. The largest absolute Gasteiger partial charge is 0.417 e. The Hall–Kier alpha value is -1.56. The van der Waals surface area contributed by atoms with Crippen molar-refractivity contribution in [2.24, 2.45) is 5.73 Å². The second-order valence-corrected chi connectivity index (χ2v) is 3.53. The van der Waals surface area contributed by atoms with Crippen LogP contribution in [0.2, 0.25) is 0 Å². The summed E-state index contributed by atoms with van der Waals surface area (Å²) < 4.78 is 38.5. The minimum atomic E-state index is -4.63. The number of nitrogens with two attached hydrogens (primary N) is 1. The third kappa shape index (κ3) is 3.20. The Kier molecular flexibility index (Phi) is 4.11. The van der Waals surface area contributed by atoms with Crippen LogP contribution in [0.4, 0.5) is 13.2 Å². The summed E-state index contributed by atoms with van der Waals surface area (Å²) in [6.45, 7) is -0.210. The number of aryl methyl sites for hydroxylation is 1. The van der Waals surface area contributed by atoms with Crippen LogP contribution in [0.5, 0.6) is 0 Å². The summed E-state index contributed by atoms with van der Waals surface area (Å²) >= 11 is 0. The molecule has 1 rings (SSSR count). The lowest BCUT2D eigenvalue weighted by Crippen LogP contribution is -2.20. The Morgan fingerprint density at radius 1 is 1.35 bits per heavy atom. The first kappa shape index (κ1) is 13.5. The molecule has 0 heterocycles. The van der Waals surface area contributed by atoms with Crippen LogP contribution >= 0.6 is 0 Å². The molecule has 0 aliphatic rings. The number of hydrogen-bond acceptors (Lipinski definition) is 2. The minimum Gasteiger partial charge on any atom is -0.396 e. The molecular weight excluding hydrogens is 235 g/mol. The monoisotopic (exact) mass is 247 g/mol. The molecule has 0 bridgehead atoms. The van der Waals surface area contributed by atoms with E-state index in [1.54, 1.807) is 0 Å². The van der Waals surface area contributed by atoms with Crippen molar-refractivity contribution in [1.82, 2.24) is 0 Å². The van der Waals surface area contributed by atoms with Crippen LogP contribution in [0.15, 0.2) is 18.2 Å². The van der Waals surface area contributed by atoms with Crippen LogP contribution in [0.3, 0.4) is 0 Å². The van der Waals surface area contributed by atoms with Gasteiger partial charge >= 0.3 is 6.18 Å². The molecule has 94 valence electrons. The zero-order chi connectivity index (χ0) is 13.1. The van der Waals surface area contributed by atoms with Crippen molar-refractivity contribution in [1.29, 1.82) is 0 Å². The number of primary amides is 1. The number of aliphatic hydroxyl groups excluding tert-OH is 1. The number of carbonyl (C=O) groups excluding carboxylic acids is 1. The molecule has 0 aromatic heterocycles. The smallest absolute Gasteiger partial charge is 0.396 e. The Balaban J connectivity index is 3.30. The molecule has 0 saturated carbocycles. The van der Waals surface area contributed by atoms with E-state index in [2.05, 4.69) is 0 Å². The quantitative estimate of drug-likeness (QED) is 0.851. The van der Waals surface area contributed by atoms with Gasteiger partial charge in [0.25, 0.3) is 0 Å². The first-order chi connectivity index (χ1) is 7.88. The fourth-order valence-electron chi connectivity index (χ4n) is 1.62. The van der Waals surface area contributed by atoms with Crippen molar-refractivity contribution in [3.05, 3.63) is 34.9 Å². The van der Waals surface area contributed by atoms with E-state index in [-0.39, 0.29) is 25.0 Å². The van der Waals surface area contributed by atoms with Gasteiger partial charge in [-0.2, -0.15) is 13.2 Å². The first-order valence-electron chi connectivity index (χ1n) is 4.97. The van der Waals surface area contributed by atoms with Crippen molar-refractivity contribution in [2.45, 2.75) is 19.0 Å². The standard InChI is InChI=1S/C11H12F3NO2/c12-11(13,14)9-7(4-2-6-16)3-1-5-8(9)10(15)17/h1,3,5,16H,2,4,6H2,(H2,15,17). The number of alkyl halides is 3. The molecule has 6 heteroatoms. The van der Waals surface area contributed by atoms with Crippen molar-refractivity contribution in [3.63, 3.8) is 0 Å². The topological polar surface area (TPSA) is 63.3 Å². The van der Waals surface area contributed by atoms with E-state index in [9.17, 15) is 18.0 Å². The van der Waals surface area contributed by atoms with Gasteiger partial charge in [0, 0.05) is 6.61 Å². The summed E-state index contributed by atoms with van der Waals surface area (Å²) in [6, 6.07) is 3.68. The highest BCUT2D eigenvalue weighted by molar-refractivity contribution is 5.94. The van der Waals surface area contributed by atoms with Gasteiger partial charge in [-0.3, -0.25) is 4.79 Å². The number of halogens is 3. The lowest BCUT2D eigenvalue weighted by atomic mass is 9.97. The van der Waals surface area contributed by atoms with Crippen LogP contribution in [0, 0.1) is 0 Å². The second kappa shape index (κ2) is 5.18. The average molecular weight is 247 g/mol. The SMILES string of the molecule is NC(=O)c1cccc(CCCO)c1C(F)(F)F. The first-order valence-corrected chi connectivity index (χ1v) is 4.97. The number of amides is 1. The van der Waals surface area contributed by atoms with Crippen molar-refractivity contribution >= 4 is 5.91 Å². The third-order valence-corrected chi connectivity index (χ3v) is 2.30. The van der Waals surface area contributed by atoms with E-state index in [1.165, 1.54) is 12.1 Å². The summed E-state index contributed by atoms with van der Waals surface area (Å²) in [5, 5.41) is 8.63. The zero-order valence-corrected chi connectivity index (χ0v) is 8.92.